The Morgan fingerprint density at radius 1 is 1.77 bits per heavy atom. The van der Waals surface area contributed by atoms with Crippen LogP contribution in [0.5, 0.6) is 0 Å². The SMILES string of the molecule is C#CC(C)(CC)C(O)c1ccco1. The largest absolute Gasteiger partial charge is 0.467 e. The Balaban J connectivity index is 2.90. The first-order chi connectivity index (χ1) is 6.14. The summed E-state index contributed by atoms with van der Waals surface area (Å²) in [4.78, 5) is 0. The minimum Gasteiger partial charge on any atom is -0.467 e. The van der Waals surface area contributed by atoms with Gasteiger partial charge in [-0.3, -0.25) is 0 Å². The fourth-order valence-electron chi connectivity index (χ4n) is 1.14. The summed E-state index contributed by atoms with van der Waals surface area (Å²) in [7, 11) is 0. The van der Waals surface area contributed by atoms with Crippen LogP contribution in [0.1, 0.15) is 32.1 Å². The van der Waals surface area contributed by atoms with Crippen LogP contribution in [0, 0.1) is 17.8 Å². The highest BCUT2D eigenvalue weighted by Gasteiger charge is 2.31. The Bertz CT molecular complexity index is 294. The van der Waals surface area contributed by atoms with E-state index in [2.05, 4.69) is 5.92 Å². The van der Waals surface area contributed by atoms with Crippen molar-refractivity contribution in [2.75, 3.05) is 0 Å². The first-order valence-electron chi connectivity index (χ1n) is 4.33. The van der Waals surface area contributed by atoms with Crippen LogP contribution in [0.15, 0.2) is 22.8 Å². The molecule has 0 bridgehead atoms. The number of aliphatic hydroxyl groups is 1. The quantitative estimate of drug-likeness (QED) is 0.721. The number of hydrogen-bond donors (Lipinski definition) is 1. The van der Waals surface area contributed by atoms with Gasteiger partial charge in [0.05, 0.1) is 11.7 Å². The van der Waals surface area contributed by atoms with Crippen LogP contribution in [-0.4, -0.2) is 5.11 Å². The van der Waals surface area contributed by atoms with Gasteiger partial charge in [0.25, 0.3) is 0 Å². The second kappa shape index (κ2) is 3.68. The summed E-state index contributed by atoms with van der Waals surface area (Å²) in [6.07, 6.45) is 6.89. The zero-order chi connectivity index (χ0) is 9.90. The van der Waals surface area contributed by atoms with E-state index in [4.69, 9.17) is 10.8 Å². The van der Waals surface area contributed by atoms with Crippen LogP contribution in [0.3, 0.4) is 0 Å². The predicted octanol–water partition coefficient (Wildman–Crippen LogP) is 2.36. The summed E-state index contributed by atoms with van der Waals surface area (Å²) in [6, 6.07) is 3.47. The molecule has 1 rings (SSSR count). The molecule has 0 aliphatic heterocycles. The molecule has 0 aliphatic rings. The minimum absolute atomic E-state index is 0.530. The van der Waals surface area contributed by atoms with Gasteiger partial charge >= 0.3 is 0 Å². The first kappa shape index (κ1) is 9.88. The summed E-state index contributed by atoms with van der Waals surface area (Å²) < 4.78 is 5.10. The molecule has 70 valence electrons. The monoisotopic (exact) mass is 178 g/mol. The number of aliphatic hydroxyl groups excluding tert-OH is 1. The van der Waals surface area contributed by atoms with E-state index in [9.17, 15) is 5.11 Å². The molecule has 0 radical (unpaired) electrons. The van der Waals surface area contributed by atoms with Crippen molar-refractivity contribution in [1.29, 1.82) is 0 Å². The molecule has 2 unspecified atom stereocenters. The molecule has 1 aromatic rings. The number of hydrogen-bond acceptors (Lipinski definition) is 2. The van der Waals surface area contributed by atoms with Crippen LogP contribution < -0.4 is 0 Å². The van der Waals surface area contributed by atoms with Gasteiger partial charge in [0.15, 0.2) is 0 Å². The Morgan fingerprint density at radius 2 is 2.46 bits per heavy atom. The molecule has 0 saturated heterocycles. The van der Waals surface area contributed by atoms with Crippen LogP contribution >= 0.6 is 0 Å². The fourth-order valence-corrected chi connectivity index (χ4v) is 1.14. The van der Waals surface area contributed by atoms with E-state index in [0.29, 0.717) is 12.2 Å². The van der Waals surface area contributed by atoms with Gasteiger partial charge in [0, 0.05) is 0 Å². The van der Waals surface area contributed by atoms with Gasteiger partial charge < -0.3 is 9.52 Å². The molecule has 0 saturated carbocycles. The molecule has 2 atom stereocenters. The summed E-state index contributed by atoms with van der Waals surface area (Å²) >= 11 is 0. The molecular formula is C11H14O2. The van der Waals surface area contributed by atoms with Crippen LogP contribution in [0.2, 0.25) is 0 Å². The zero-order valence-electron chi connectivity index (χ0n) is 7.95. The predicted molar refractivity (Wildman–Crippen MR) is 50.9 cm³/mol. The Hall–Kier alpha value is -1.20. The standard InChI is InChI=1S/C11H14O2/c1-4-11(3,5-2)10(12)9-7-6-8-13-9/h1,6-8,10,12H,5H2,2-3H3. The molecule has 0 spiro atoms. The number of terminal acetylenes is 1. The second-order valence-electron chi connectivity index (χ2n) is 3.33. The van der Waals surface area contributed by atoms with Crippen LogP contribution in [0.4, 0.5) is 0 Å². The summed E-state index contributed by atoms with van der Waals surface area (Å²) in [5, 5.41) is 9.89. The van der Waals surface area contributed by atoms with E-state index in [-0.39, 0.29) is 0 Å². The van der Waals surface area contributed by atoms with E-state index >= 15 is 0 Å². The first-order valence-corrected chi connectivity index (χ1v) is 4.33. The van der Waals surface area contributed by atoms with Gasteiger partial charge in [-0.25, -0.2) is 0 Å². The maximum atomic E-state index is 9.89. The Kier molecular flexibility index (Phi) is 2.79. The van der Waals surface area contributed by atoms with Gasteiger partial charge in [-0.1, -0.05) is 12.8 Å². The van der Waals surface area contributed by atoms with Crippen molar-refractivity contribution in [1.82, 2.24) is 0 Å². The maximum Gasteiger partial charge on any atom is 0.133 e. The summed E-state index contributed by atoms with van der Waals surface area (Å²) in [5.74, 6) is 3.14. The molecule has 0 aliphatic carbocycles. The van der Waals surface area contributed by atoms with Crippen molar-refractivity contribution in [2.24, 2.45) is 5.41 Å². The molecule has 1 aromatic heterocycles. The highest BCUT2D eigenvalue weighted by molar-refractivity contribution is 5.14. The van der Waals surface area contributed by atoms with Crippen molar-refractivity contribution >= 4 is 0 Å². The lowest BCUT2D eigenvalue weighted by Gasteiger charge is -2.26. The molecule has 0 fully saturated rings. The Morgan fingerprint density at radius 3 is 2.85 bits per heavy atom. The smallest absolute Gasteiger partial charge is 0.133 e. The zero-order valence-corrected chi connectivity index (χ0v) is 7.95. The van der Waals surface area contributed by atoms with Crippen molar-refractivity contribution in [3.05, 3.63) is 24.2 Å². The molecule has 0 amide bonds. The molecule has 13 heavy (non-hydrogen) atoms. The fraction of sp³-hybridized carbons (Fsp3) is 0.455. The van der Waals surface area contributed by atoms with Gasteiger partial charge in [-0.05, 0) is 25.5 Å². The van der Waals surface area contributed by atoms with E-state index in [0.717, 1.165) is 0 Å². The minimum atomic E-state index is -0.725. The van der Waals surface area contributed by atoms with Crippen molar-refractivity contribution in [3.8, 4) is 12.3 Å². The van der Waals surface area contributed by atoms with E-state index in [1.807, 2.05) is 13.8 Å². The van der Waals surface area contributed by atoms with Crippen LogP contribution in [0.25, 0.3) is 0 Å². The highest BCUT2D eigenvalue weighted by Crippen LogP contribution is 2.35. The van der Waals surface area contributed by atoms with E-state index in [1.165, 1.54) is 6.26 Å². The van der Waals surface area contributed by atoms with Crippen LogP contribution in [-0.2, 0) is 0 Å². The van der Waals surface area contributed by atoms with Crippen molar-refractivity contribution < 1.29 is 9.52 Å². The lowest BCUT2D eigenvalue weighted by Crippen LogP contribution is -2.22. The molecule has 1 heterocycles. The maximum absolute atomic E-state index is 9.89. The second-order valence-corrected chi connectivity index (χ2v) is 3.33. The normalized spacial score (nSPS) is 17.4. The molecule has 2 nitrogen and oxygen atoms in total. The number of furan rings is 1. The molecular weight excluding hydrogens is 164 g/mol. The van der Waals surface area contributed by atoms with Crippen molar-refractivity contribution in [3.63, 3.8) is 0 Å². The highest BCUT2D eigenvalue weighted by atomic mass is 16.4. The van der Waals surface area contributed by atoms with Crippen molar-refractivity contribution in [2.45, 2.75) is 26.4 Å². The molecule has 2 heteroatoms. The van der Waals surface area contributed by atoms with Gasteiger partial charge in [-0.15, -0.1) is 6.42 Å². The Labute approximate surface area is 78.6 Å². The number of rotatable bonds is 3. The third kappa shape index (κ3) is 1.76. The third-order valence-electron chi connectivity index (χ3n) is 2.48. The lowest BCUT2D eigenvalue weighted by atomic mass is 9.81. The molecule has 1 N–H and O–H groups in total. The topological polar surface area (TPSA) is 33.4 Å². The summed E-state index contributed by atoms with van der Waals surface area (Å²) in [6.45, 7) is 3.80. The molecule has 0 aromatic carbocycles. The van der Waals surface area contributed by atoms with Gasteiger partial charge in [0.1, 0.15) is 11.9 Å². The van der Waals surface area contributed by atoms with Gasteiger partial charge in [0.2, 0.25) is 0 Å². The lowest BCUT2D eigenvalue weighted by molar-refractivity contribution is 0.0538. The average molecular weight is 178 g/mol. The van der Waals surface area contributed by atoms with Gasteiger partial charge in [-0.2, -0.15) is 0 Å². The van der Waals surface area contributed by atoms with E-state index in [1.54, 1.807) is 12.1 Å². The van der Waals surface area contributed by atoms with E-state index < -0.39 is 11.5 Å². The third-order valence-corrected chi connectivity index (χ3v) is 2.48. The average Bonchev–Trinajstić information content (AvgIpc) is 2.68. The summed E-state index contributed by atoms with van der Waals surface area (Å²) in [5.41, 5.74) is -0.544.